The Morgan fingerprint density at radius 2 is 1.81 bits per heavy atom. The van der Waals surface area contributed by atoms with Gasteiger partial charge >= 0.3 is 0 Å². The molecule has 1 heterocycles. The molecule has 3 aromatic carbocycles. The van der Waals surface area contributed by atoms with Crippen molar-refractivity contribution in [3.05, 3.63) is 73.7 Å². The summed E-state index contributed by atoms with van der Waals surface area (Å²) in [6, 6.07) is 12.3. The summed E-state index contributed by atoms with van der Waals surface area (Å²) in [7, 11) is 3.10. The minimum atomic E-state index is -0.237. The predicted octanol–water partition coefficient (Wildman–Crippen LogP) is 4.82. The molecule has 0 spiro atoms. The van der Waals surface area contributed by atoms with Crippen LogP contribution in [0.1, 0.15) is 5.56 Å². The molecule has 0 aliphatic rings. The molecule has 1 aromatic heterocycles. The van der Waals surface area contributed by atoms with Gasteiger partial charge in [0, 0.05) is 26.7 Å². The van der Waals surface area contributed by atoms with E-state index in [4.69, 9.17) is 37.1 Å². The molecule has 4 rings (SSSR count). The maximum atomic E-state index is 13.0. The van der Waals surface area contributed by atoms with Crippen molar-refractivity contribution in [2.75, 3.05) is 14.2 Å². The van der Waals surface area contributed by atoms with Crippen molar-refractivity contribution in [2.45, 2.75) is 0 Å². The number of ether oxygens (including phenoxy) is 2. The molecule has 0 aliphatic heterocycles. The molecule has 0 bridgehead atoms. The van der Waals surface area contributed by atoms with Crippen LogP contribution in [0.5, 0.6) is 11.5 Å². The van der Waals surface area contributed by atoms with Crippen LogP contribution in [0, 0.1) is 0 Å². The van der Waals surface area contributed by atoms with Crippen molar-refractivity contribution in [1.82, 2.24) is 0 Å². The van der Waals surface area contributed by atoms with Crippen LogP contribution in [0.25, 0.3) is 27.8 Å². The average molecular weight is 401 g/mol. The van der Waals surface area contributed by atoms with Crippen LogP contribution in [0.3, 0.4) is 0 Å². The topological polar surface area (TPSA) is 48.7 Å². The molecule has 0 saturated carbocycles. The quantitative estimate of drug-likeness (QED) is 0.494. The van der Waals surface area contributed by atoms with Crippen molar-refractivity contribution in [1.29, 1.82) is 0 Å². The van der Waals surface area contributed by atoms with Gasteiger partial charge in [0.2, 0.25) is 5.43 Å². The Balaban J connectivity index is 2.10. The van der Waals surface area contributed by atoms with Gasteiger partial charge in [-0.3, -0.25) is 4.79 Å². The van der Waals surface area contributed by atoms with Crippen molar-refractivity contribution >= 4 is 51.0 Å². The van der Waals surface area contributed by atoms with Crippen LogP contribution < -0.4 is 20.3 Å². The number of methoxy groups -OCH3 is 2. The molecular weight excluding hydrogens is 387 g/mol. The van der Waals surface area contributed by atoms with E-state index in [-0.39, 0.29) is 10.8 Å². The van der Waals surface area contributed by atoms with E-state index in [1.165, 1.54) is 7.11 Å². The number of rotatable bonds is 3. The largest absolute Gasteiger partial charge is 0.496 e. The number of hydrogen-bond acceptors (Lipinski definition) is 4. The van der Waals surface area contributed by atoms with E-state index in [1.807, 2.05) is 18.2 Å². The predicted molar refractivity (Wildman–Crippen MR) is 108 cm³/mol. The van der Waals surface area contributed by atoms with Crippen LogP contribution in [-0.4, -0.2) is 14.2 Å². The molecule has 27 heavy (non-hydrogen) atoms. The van der Waals surface area contributed by atoms with Gasteiger partial charge in [-0.2, -0.15) is 0 Å². The minimum Gasteiger partial charge on any atom is -0.496 e. The lowest BCUT2D eigenvalue weighted by Gasteiger charge is -2.09. The number of halogens is 2. The molecule has 0 atom stereocenters. The first-order valence-corrected chi connectivity index (χ1v) is 8.86. The lowest BCUT2D eigenvalue weighted by molar-refractivity contribution is 0.414. The summed E-state index contributed by atoms with van der Waals surface area (Å²) in [5.74, 6) is 1.10. The molecule has 0 saturated heterocycles. The summed E-state index contributed by atoms with van der Waals surface area (Å²) in [6.45, 7) is 0. The van der Waals surface area contributed by atoms with E-state index >= 15 is 0 Å². The van der Waals surface area contributed by atoms with Gasteiger partial charge in [-0.1, -0.05) is 35.3 Å². The number of hydrogen-bond donors (Lipinski definition) is 0. The van der Waals surface area contributed by atoms with Crippen LogP contribution >= 0.6 is 23.2 Å². The number of benzene rings is 3. The lowest BCUT2D eigenvalue weighted by Crippen LogP contribution is -2.24. The molecule has 0 N–H and O–H groups in total. The Morgan fingerprint density at radius 1 is 1.00 bits per heavy atom. The Bertz CT molecular complexity index is 1290. The molecule has 0 radical (unpaired) electrons. The van der Waals surface area contributed by atoms with Gasteiger partial charge in [0.25, 0.3) is 0 Å². The van der Waals surface area contributed by atoms with Crippen molar-refractivity contribution in [2.24, 2.45) is 0 Å². The van der Waals surface area contributed by atoms with Gasteiger partial charge in [0.1, 0.15) is 17.1 Å². The van der Waals surface area contributed by atoms with Crippen LogP contribution in [0.4, 0.5) is 0 Å². The van der Waals surface area contributed by atoms with Crippen molar-refractivity contribution < 1.29 is 13.9 Å². The minimum absolute atomic E-state index is 0.164. The highest BCUT2D eigenvalue weighted by Gasteiger charge is 2.14. The normalized spacial score (nSPS) is 12.1. The van der Waals surface area contributed by atoms with Crippen LogP contribution in [0.2, 0.25) is 10.0 Å². The third-order valence-electron chi connectivity index (χ3n) is 4.40. The van der Waals surface area contributed by atoms with Crippen LogP contribution in [0.15, 0.2) is 51.7 Å². The third kappa shape index (κ3) is 2.91. The molecule has 4 aromatic rings. The summed E-state index contributed by atoms with van der Waals surface area (Å²) in [6.07, 6.45) is 1.59. The second-order valence-electron chi connectivity index (χ2n) is 5.94. The summed E-state index contributed by atoms with van der Waals surface area (Å²) < 4.78 is 16.7. The fourth-order valence-electron chi connectivity index (χ4n) is 3.24. The summed E-state index contributed by atoms with van der Waals surface area (Å²) in [4.78, 5) is 13.0. The zero-order valence-corrected chi connectivity index (χ0v) is 16.0. The van der Waals surface area contributed by atoms with E-state index in [0.29, 0.717) is 38.1 Å². The highest BCUT2D eigenvalue weighted by atomic mass is 35.5. The first-order valence-electron chi connectivity index (χ1n) is 8.10. The molecule has 0 unspecified atom stereocenters. The van der Waals surface area contributed by atoms with Gasteiger partial charge in [-0.15, -0.1) is 0 Å². The summed E-state index contributed by atoms with van der Waals surface area (Å²) in [5, 5.41) is 2.89. The van der Waals surface area contributed by atoms with Gasteiger partial charge in [0.05, 0.1) is 19.2 Å². The maximum Gasteiger partial charge on any atom is 0.228 e. The fourth-order valence-corrected chi connectivity index (χ4v) is 3.82. The average Bonchev–Trinajstić information content (AvgIpc) is 2.65. The lowest BCUT2D eigenvalue weighted by atomic mass is 10.0. The van der Waals surface area contributed by atoms with Gasteiger partial charge in [0.15, 0.2) is 5.42 Å². The highest BCUT2D eigenvalue weighted by molar-refractivity contribution is 6.35. The molecule has 0 aliphatic carbocycles. The van der Waals surface area contributed by atoms with E-state index in [2.05, 4.69) is 0 Å². The Kier molecular flexibility index (Phi) is 4.46. The second kappa shape index (κ2) is 6.80. The van der Waals surface area contributed by atoms with E-state index in [0.717, 1.165) is 10.8 Å². The molecule has 136 valence electrons. The first kappa shape index (κ1) is 17.7. The van der Waals surface area contributed by atoms with E-state index < -0.39 is 0 Å². The van der Waals surface area contributed by atoms with Crippen molar-refractivity contribution in [3.63, 3.8) is 0 Å². The highest BCUT2D eigenvalue weighted by Crippen LogP contribution is 2.33. The standard InChI is InChI=1S/C21H14Cl2O4/c1-25-16-7-6-14-19-13(16)4-3-5-17(19)27-18(20(14)24)9-11-8-12(22)10-15(23)21(11)26-2/h3-10H,1-2H3. The first-order chi connectivity index (χ1) is 13.0. The maximum absolute atomic E-state index is 13.0. The monoisotopic (exact) mass is 400 g/mol. The third-order valence-corrected chi connectivity index (χ3v) is 4.90. The molecule has 0 fully saturated rings. The molecular formula is C21H14Cl2O4. The zero-order chi connectivity index (χ0) is 19.1. The van der Waals surface area contributed by atoms with Crippen molar-refractivity contribution in [3.8, 4) is 11.5 Å². The Hall–Kier alpha value is -2.69. The summed E-state index contributed by atoms with van der Waals surface area (Å²) in [5.41, 5.74) is 1.07. The fraction of sp³-hybridized carbons (Fsp3) is 0.0952. The second-order valence-corrected chi connectivity index (χ2v) is 6.79. The van der Waals surface area contributed by atoms with Crippen LogP contribution in [-0.2, 0) is 0 Å². The molecule has 0 amide bonds. The van der Waals surface area contributed by atoms with E-state index in [9.17, 15) is 4.79 Å². The SMILES string of the molecule is COc1c(Cl)cc(Cl)cc1C=c1oc2cccc3c(OC)ccc(c1=O)c23. The smallest absolute Gasteiger partial charge is 0.228 e. The van der Waals surface area contributed by atoms with Gasteiger partial charge in [-0.05, 0) is 36.4 Å². The van der Waals surface area contributed by atoms with Gasteiger partial charge < -0.3 is 13.9 Å². The summed E-state index contributed by atoms with van der Waals surface area (Å²) >= 11 is 12.3. The molecule has 4 nitrogen and oxygen atoms in total. The Labute approximate surface area is 164 Å². The molecule has 6 heteroatoms. The van der Waals surface area contributed by atoms with E-state index in [1.54, 1.807) is 37.5 Å². The Morgan fingerprint density at radius 3 is 2.56 bits per heavy atom. The van der Waals surface area contributed by atoms with Gasteiger partial charge in [-0.25, -0.2) is 0 Å². The zero-order valence-electron chi connectivity index (χ0n) is 14.5.